The predicted molar refractivity (Wildman–Crippen MR) is 133 cm³/mol. The van der Waals surface area contributed by atoms with Crippen molar-refractivity contribution in [2.75, 3.05) is 12.0 Å². The summed E-state index contributed by atoms with van der Waals surface area (Å²) in [5, 5.41) is 11.5. The number of aryl methyl sites for hydroxylation is 2. The van der Waals surface area contributed by atoms with Crippen LogP contribution in [0.15, 0.2) is 66.2 Å². The predicted octanol–water partition coefficient (Wildman–Crippen LogP) is 4.43. The third-order valence-electron chi connectivity index (χ3n) is 5.59. The van der Waals surface area contributed by atoms with Crippen LogP contribution in [0.4, 0.5) is 10.5 Å². The number of nitriles is 1. The Balaban J connectivity index is 1.62. The van der Waals surface area contributed by atoms with Gasteiger partial charge in [0, 0.05) is 5.56 Å². The molecule has 8 nitrogen and oxygen atoms in total. The summed E-state index contributed by atoms with van der Waals surface area (Å²) in [6.45, 7) is 3.88. The standard InChI is InChI=1S/C28H23N3O5/c1-17-10-18(2)12-22(11-17)31-27(33)23(26(32)30-28(31)34)13-19-8-9-24(25(14-19)35-3)36-16-21-7-5-4-6-20(21)15-29/h4-14H,16H2,1-3H3,(H,30,32,34)/b23-13+. The summed E-state index contributed by atoms with van der Waals surface area (Å²) in [6.07, 6.45) is 1.40. The second-order valence-electron chi connectivity index (χ2n) is 8.27. The van der Waals surface area contributed by atoms with Gasteiger partial charge in [-0.25, -0.2) is 9.69 Å². The van der Waals surface area contributed by atoms with E-state index in [-0.39, 0.29) is 12.2 Å². The molecule has 1 aliphatic rings. The minimum Gasteiger partial charge on any atom is -0.493 e. The molecule has 1 saturated heterocycles. The number of rotatable bonds is 6. The Morgan fingerprint density at radius 1 is 0.972 bits per heavy atom. The van der Waals surface area contributed by atoms with Crippen LogP contribution in [0, 0.1) is 25.2 Å². The SMILES string of the molecule is COc1cc(/C=C2\C(=O)NC(=O)N(c3cc(C)cc(C)c3)C2=O)ccc1OCc1ccccc1C#N. The molecule has 4 amide bonds. The number of nitrogens with one attached hydrogen (secondary N) is 1. The number of anilines is 1. The van der Waals surface area contributed by atoms with E-state index < -0.39 is 17.8 Å². The summed E-state index contributed by atoms with van der Waals surface area (Å²) in [6, 6.07) is 18.7. The Kier molecular flexibility index (Phi) is 6.84. The lowest BCUT2D eigenvalue weighted by molar-refractivity contribution is -0.122. The van der Waals surface area contributed by atoms with Gasteiger partial charge >= 0.3 is 6.03 Å². The summed E-state index contributed by atoms with van der Waals surface area (Å²) in [5.41, 5.74) is 3.71. The summed E-state index contributed by atoms with van der Waals surface area (Å²) in [7, 11) is 1.47. The van der Waals surface area contributed by atoms with E-state index in [0.717, 1.165) is 21.6 Å². The van der Waals surface area contributed by atoms with E-state index in [4.69, 9.17) is 9.47 Å². The zero-order valence-corrected chi connectivity index (χ0v) is 20.0. The molecule has 0 radical (unpaired) electrons. The first-order chi connectivity index (χ1) is 17.3. The minimum atomic E-state index is -0.800. The van der Waals surface area contributed by atoms with Gasteiger partial charge in [-0.15, -0.1) is 0 Å². The summed E-state index contributed by atoms with van der Waals surface area (Å²) >= 11 is 0. The molecule has 0 spiro atoms. The second kappa shape index (κ2) is 10.2. The van der Waals surface area contributed by atoms with Gasteiger partial charge < -0.3 is 9.47 Å². The molecule has 0 aromatic heterocycles. The topological polar surface area (TPSA) is 109 Å². The molecule has 0 unspecified atom stereocenters. The van der Waals surface area contributed by atoms with Crippen LogP contribution in [0.1, 0.15) is 27.8 Å². The Morgan fingerprint density at radius 2 is 1.69 bits per heavy atom. The van der Waals surface area contributed by atoms with Crippen LogP contribution < -0.4 is 19.7 Å². The number of carbonyl (C=O) groups is 3. The fourth-order valence-corrected chi connectivity index (χ4v) is 3.94. The van der Waals surface area contributed by atoms with Crippen LogP contribution >= 0.6 is 0 Å². The highest BCUT2D eigenvalue weighted by molar-refractivity contribution is 6.39. The Morgan fingerprint density at radius 3 is 2.39 bits per heavy atom. The Bertz CT molecular complexity index is 1430. The smallest absolute Gasteiger partial charge is 0.335 e. The van der Waals surface area contributed by atoms with Crippen LogP contribution in [-0.2, 0) is 16.2 Å². The van der Waals surface area contributed by atoms with Crippen molar-refractivity contribution in [2.45, 2.75) is 20.5 Å². The van der Waals surface area contributed by atoms with Crippen molar-refractivity contribution >= 4 is 29.6 Å². The van der Waals surface area contributed by atoms with E-state index in [1.165, 1.54) is 13.2 Å². The first kappa shape index (κ1) is 24.2. The van der Waals surface area contributed by atoms with Crippen molar-refractivity contribution in [3.63, 3.8) is 0 Å². The molecule has 3 aromatic rings. The van der Waals surface area contributed by atoms with Crippen LogP contribution in [0.25, 0.3) is 6.08 Å². The molecule has 4 rings (SSSR count). The van der Waals surface area contributed by atoms with Crippen molar-refractivity contribution < 1.29 is 23.9 Å². The molecule has 0 bridgehead atoms. The molecule has 1 N–H and O–H groups in total. The lowest BCUT2D eigenvalue weighted by Crippen LogP contribution is -2.54. The zero-order valence-electron chi connectivity index (χ0n) is 20.0. The highest BCUT2D eigenvalue weighted by atomic mass is 16.5. The largest absolute Gasteiger partial charge is 0.493 e. The van der Waals surface area contributed by atoms with Crippen molar-refractivity contribution in [3.8, 4) is 17.6 Å². The van der Waals surface area contributed by atoms with Gasteiger partial charge in [0.1, 0.15) is 12.2 Å². The fourth-order valence-electron chi connectivity index (χ4n) is 3.94. The third-order valence-corrected chi connectivity index (χ3v) is 5.59. The first-order valence-corrected chi connectivity index (χ1v) is 11.1. The maximum Gasteiger partial charge on any atom is 0.335 e. The highest BCUT2D eigenvalue weighted by Gasteiger charge is 2.37. The number of nitrogens with zero attached hydrogens (tertiary/aromatic N) is 2. The molecule has 1 heterocycles. The molecule has 8 heteroatoms. The summed E-state index contributed by atoms with van der Waals surface area (Å²) < 4.78 is 11.3. The van der Waals surface area contributed by atoms with Crippen LogP contribution in [0.2, 0.25) is 0 Å². The quantitative estimate of drug-likeness (QED) is 0.412. The molecular formula is C28H23N3O5. The molecule has 1 fully saturated rings. The van der Waals surface area contributed by atoms with Gasteiger partial charge in [-0.2, -0.15) is 5.26 Å². The maximum absolute atomic E-state index is 13.2. The third kappa shape index (κ3) is 4.95. The number of hydrogen-bond donors (Lipinski definition) is 1. The molecule has 0 saturated carbocycles. The Hall–Kier alpha value is -4.90. The van der Waals surface area contributed by atoms with E-state index in [1.807, 2.05) is 26.0 Å². The molecule has 3 aromatic carbocycles. The maximum atomic E-state index is 13.2. The Labute approximate surface area is 208 Å². The number of benzene rings is 3. The second-order valence-corrected chi connectivity index (χ2v) is 8.27. The number of methoxy groups -OCH3 is 1. The number of ether oxygens (including phenoxy) is 2. The van der Waals surface area contributed by atoms with Crippen molar-refractivity contribution in [2.24, 2.45) is 0 Å². The van der Waals surface area contributed by atoms with Gasteiger partial charge in [0.25, 0.3) is 11.8 Å². The average molecular weight is 482 g/mol. The van der Waals surface area contributed by atoms with Gasteiger partial charge in [-0.3, -0.25) is 14.9 Å². The summed E-state index contributed by atoms with van der Waals surface area (Å²) in [5.74, 6) is -0.692. The fraction of sp³-hybridized carbons (Fsp3) is 0.143. The van der Waals surface area contributed by atoms with E-state index in [2.05, 4.69) is 11.4 Å². The van der Waals surface area contributed by atoms with Crippen molar-refractivity contribution in [1.82, 2.24) is 5.32 Å². The average Bonchev–Trinajstić information content (AvgIpc) is 2.85. The van der Waals surface area contributed by atoms with Crippen LogP contribution in [0.5, 0.6) is 11.5 Å². The van der Waals surface area contributed by atoms with Gasteiger partial charge in [0.15, 0.2) is 11.5 Å². The van der Waals surface area contributed by atoms with Crippen LogP contribution in [-0.4, -0.2) is 25.0 Å². The highest BCUT2D eigenvalue weighted by Crippen LogP contribution is 2.31. The molecule has 0 aliphatic carbocycles. The van der Waals surface area contributed by atoms with Crippen molar-refractivity contribution in [1.29, 1.82) is 5.26 Å². The normalized spacial score (nSPS) is 14.4. The van der Waals surface area contributed by atoms with Gasteiger partial charge in [0.05, 0.1) is 24.4 Å². The monoisotopic (exact) mass is 481 g/mol. The molecule has 180 valence electrons. The molecule has 1 aliphatic heterocycles. The van der Waals surface area contributed by atoms with E-state index in [9.17, 15) is 19.6 Å². The van der Waals surface area contributed by atoms with E-state index >= 15 is 0 Å². The molecular weight excluding hydrogens is 458 g/mol. The summed E-state index contributed by atoms with van der Waals surface area (Å²) in [4.78, 5) is 39.2. The van der Waals surface area contributed by atoms with E-state index in [0.29, 0.717) is 28.3 Å². The van der Waals surface area contributed by atoms with Gasteiger partial charge in [-0.05, 0) is 66.9 Å². The number of amides is 4. The van der Waals surface area contributed by atoms with E-state index in [1.54, 1.807) is 48.5 Å². The number of barbiturate groups is 1. The molecule has 36 heavy (non-hydrogen) atoms. The van der Waals surface area contributed by atoms with Gasteiger partial charge in [0.2, 0.25) is 0 Å². The molecule has 0 atom stereocenters. The minimum absolute atomic E-state index is 0.161. The zero-order chi connectivity index (χ0) is 25.8. The lowest BCUT2D eigenvalue weighted by Gasteiger charge is -2.27. The number of imide groups is 2. The van der Waals surface area contributed by atoms with Crippen molar-refractivity contribution in [3.05, 3.63) is 94.1 Å². The first-order valence-electron chi connectivity index (χ1n) is 11.1. The van der Waals surface area contributed by atoms with Crippen LogP contribution in [0.3, 0.4) is 0 Å². The number of hydrogen-bond acceptors (Lipinski definition) is 6. The number of carbonyl (C=O) groups excluding carboxylic acids is 3. The number of urea groups is 1. The van der Waals surface area contributed by atoms with Gasteiger partial charge in [-0.1, -0.05) is 30.3 Å². The lowest BCUT2D eigenvalue weighted by atomic mass is 10.0.